The number of hydrogen-bond donors (Lipinski definition) is 2. The summed E-state index contributed by atoms with van der Waals surface area (Å²) in [4.78, 5) is 7.87. The van der Waals surface area contributed by atoms with Gasteiger partial charge in [0.25, 0.3) is 0 Å². The van der Waals surface area contributed by atoms with E-state index in [2.05, 4.69) is 20.0 Å². The second-order valence-electron chi connectivity index (χ2n) is 4.45. The lowest BCUT2D eigenvalue weighted by atomic mass is 10.3. The van der Waals surface area contributed by atoms with Gasteiger partial charge in [-0.05, 0) is 19.4 Å². The van der Waals surface area contributed by atoms with E-state index < -0.39 is 10.0 Å². The van der Waals surface area contributed by atoms with Gasteiger partial charge in [0.1, 0.15) is 0 Å². The Balaban J connectivity index is 2.11. The minimum atomic E-state index is -3.52. The van der Waals surface area contributed by atoms with Crippen molar-refractivity contribution in [1.82, 2.24) is 15.3 Å². The van der Waals surface area contributed by atoms with Crippen LogP contribution in [0.4, 0.5) is 5.95 Å². The van der Waals surface area contributed by atoms with Gasteiger partial charge in [0.05, 0.1) is 26.0 Å². The van der Waals surface area contributed by atoms with Gasteiger partial charge in [-0.2, -0.15) is 9.97 Å². The number of hydrogen-bond acceptors (Lipinski definition) is 7. The van der Waals surface area contributed by atoms with Crippen molar-refractivity contribution in [2.75, 3.05) is 31.2 Å². The zero-order valence-electron chi connectivity index (χ0n) is 11.4. The molecule has 0 bridgehead atoms. The van der Waals surface area contributed by atoms with Gasteiger partial charge in [-0.25, -0.2) is 8.42 Å². The predicted molar refractivity (Wildman–Crippen MR) is 73.6 cm³/mol. The molecule has 0 radical (unpaired) electrons. The highest BCUT2D eigenvalue weighted by atomic mass is 32.2. The van der Waals surface area contributed by atoms with E-state index in [1.165, 1.54) is 20.3 Å². The fourth-order valence-electron chi connectivity index (χ4n) is 2.00. The summed E-state index contributed by atoms with van der Waals surface area (Å²) < 4.78 is 36.4. The second-order valence-corrected chi connectivity index (χ2v) is 6.22. The van der Waals surface area contributed by atoms with Crippen molar-refractivity contribution in [1.29, 1.82) is 0 Å². The lowest BCUT2D eigenvalue weighted by Gasteiger charge is -2.12. The number of ether oxygens (including phenoxy) is 2. The summed E-state index contributed by atoms with van der Waals surface area (Å²) in [6.45, 7) is 0.851. The number of anilines is 1. The average Bonchev–Trinajstić information content (AvgIpc) is 2.89. The van der Waals surface area contributed by atoms with Gasteiger partial charge >= 0.3 is 0 Å². The Labute approximate surface area is 118 Å². The average molecular weight is 302 g/mol. The molecule has 0 spiro atoms. The molecule has 1 aromatic heterocycles. The highest BCUT2D eigenvalue weighted by Gasteiger charge is 2.23. The van der Waals surface area contributed by atoms with Gasteiger partial charge in [-0.1, -0.05) is 0 Å². The van der Waals surface area contributed by atoms with Crippen molar-refractivity contribution in [2.45, 2.75) is 18.9 Å². The van der Waals surface area contributed by atoms with Crippen LogP contribution in [0.2, 0.25) is 0 Å². The summed E-state index contributed by atoms with van der Waals surface area (Å²) in [5.74, 6) is 0.400. The van der Waals surface area contributed by atoms with Crippen LogP contribution in [-0.4, -0.2) is 50.9 Å². The Kier molecular flexibility index (Phi) is 4.61. The summed E-state index contributed by atoms with van der Waals surface area (Å²) >= 11 is 0. The first kappa shape index (κ1) is 14.8. The Bertz CT molecular complexity index is 535. The van der Waals surface area contributed by atoms with Crippen molar-refractivity contribution in [3.8, 4) is 11.8 Å². The Hall–Kier alpha value is -1.61. The van der Waals surface area contributed by atoms with E-state index in [9.17, 15) is 8.42 Å². The molecular weight excluding hydrogens is 284 g/mol. The molecule has 1 saturated heterocycles. The van der Waals surface area contributed by atoms with Crippen molar-refractivity contribution >= 4 is 16.0 Å². The molecule has 1 atom stereocenters. The summed E-state index contributed by atoms with van der Waals surface area (Å²) in [6, 6.07) is 1.44. The molecule has 0 saturated carbocycles. The molecule has 9 heteroatoms. The fraction of sp³-hybridized carbons (Fsp3) is 0.636. The lowest BCUT2D eigenvalue weighted by Crippen LogP contribution is -2.33. The number of rotatable bonds is 6. The first-order chi connectivity index (χ1) is 9.52. The number of sulfonamides is 1. The van der Waals surface area contributed by atoms with E-state index in [-0.39, 0.29) is 29.5 Å². The van der Waals surface area contributed by atoms with Crippen LogP contribution in [-0.2, 0) is 10.0 Å². The van der Waals surface area contributed by atoms with Gasteiger partial charge in [0.15, 0.2) is 0 Å². The number of nitrogens with one attached hydrogen (secondary N) is 2. The Morgan fingerprint density at radius 3 is 2.50 bits per heavy atom. The third-order valence-corrected chi connectivity index (χ3v) is 4.26. The number of nitrogens with zero attached hydrogens (tertiary/aromatic N) is 2. The standard InChI is InChI=1S/C11H18N4O4S/c1-18-9-6-10(19-2)14-11(13-9)15-20(16,17)7-8-4-3-5-12-8/h6,8,12H,3-5,7H2,1-2H3,(H,13,14,15). The summed E-state index contributed by atoms with van der Waals surface area (Å²) in [7, 11) is -0.651. The summed E-state index contributed by atoms with van der Waals surface area (Å²) in [5, 5.41) is 3.13. The van der Waals surface area contributed by atoms with Crippen molar-refractivity contribution in [3.63, 3.8) is 0 Å². The third-order valence-electron chi connectivity index (χ3n) is 2.93. The molecule has 0 amide bonds. The van der Waals surface area contributed by atoms with Crippen LogP contribution in [0.1, 0.15) is 12.8 Å². The molecule has 1 fully saturated rings. The lowest BCUT2D eigenvalue weighted by molar-refractivity contribution is 0.373. The van der Waals surface area contributed by atoms with E-state index in [1.54, 1.807) is 0 Å². The van der Waals surface area contributed by atoms with E-state index in [0.717, 1.165) is 19.4 Å². The summed E-state index contributed by atoms with van der Waals surface area (Å²) in [6.07, 6.45) is 1.84. The van der Waals surface area contributed by atoms with Crippen LogP contribution in [0.25, 0.3) is 0 Å². The van der Waals surface area contributed by atoms with Crippen LogP contribution in [0.15, 0.2) is 6.07 Å². The minimum Gasteiger partial charge on any atom is -0.481 e. The van der Waals surface area contributed by atoms with Gasteiger partial charge in [0, 0.05) is 6.04 Å². The molecule has 2 rings (SSSR count). The maximum atomic E-state index is 12.0. The van der Waals surface area contributed by atoms with Crippen LogP contribution in [0.5, 0.6) is 11.8 Å². The van der Waals surface area contributed by atoms with E-state index in [4.69, 9.17) is 9.47 Å². The van der Waals surface area contributed by atoms with Crippen molar-refractivity contribution in [2.24, 2.45) is 0 Å². The third kappa shape index (κ3) is 3.94. The molecule has 0 aliphatic carbocycles. The van der Waals surface area contributed by atoms with Crippen LogP contribution in [0.3, 0.4) is 0 Å². The zero-order chi connectivity index (χ0) is 14.6. The topological polar surface area (TPSA) is 102 Å². The molecule has 112 valence electrons. The predicted octanol–water partition coefficient (Wildman–Crippen LogP) is -0.0125. The first-order valence-electron chi connectivity index (χ1n) is 6.23. The fourth-order valence-corrected chi connectivity index (χ4v) is 3.27. The Morgan fingerprint density at radius 1 is 1.35 bits per heavy atom. The van der Waals surface area contributed by atoms with Gasteiger partial charge < -0.3 is 14.8 Å². The van der Waals surface area contributed by atoms with Crippen LogP contribution >= 0.6 is 0 Å². The molecule has 8 nitrogen and oxygen atoms in total. The van der Waals surface area contributed by atoms with Gasteiger partial charge in [0.2, 0.25) is 27.7 Å². The molecule has 1 aromatic rings. The minimum absolute atomic E-state index is 0.00408. The highest BCUT2D eigenvalue weighted by molar-refractivity contribution is 7.92. The van der Waals surface area contributed by atoms with Crippen LogP contribution < -0.4 is 19.5 Å². The van der Waals surface area contributed by atoms with Crippen molar-refractivity contribution in [3.05, 3.63) is 6.07 Å². The maximum Gasteiger partial charge on any atom is 0.243 e. The van der Waals surface area contributed by atoms with E-state index in [0.29, 0.717) is 0 Å². The van der Waals surface area contributed by atoms with Crippen molar-refractivity contribution < 1.29 is 17.9 Å². The quantitative estimate of drug-likeness (QED) is 0.761. The molecule has 2 N–H and O–H groups in total. The van der Waals surface area contributed by atoms with E-state index >= 15 is 0 Å². The molecular formula is C11H18N4O4S. The maximum absolute atomic E-state index is 12.0. The Morgan fingerprint density at radius 2 is 2.00 bits per heavy atom. The van der Waals surface area contributed by atoms with Crippen LogP contribution in [0, 0.1) is 0 Å². The smallest absolute Gasteiger partial charge is 0.243 e. The van der Waals surface area contributed by atoms with E-state index in [1.807, 2.05) is 0 Å². The molecule has 0 aromatic carbocycles. The van der Waals surface area contributed by atoms with Gasteiger partial charge in [-0.15, -0.1) is 0 Å². The van der Waals surface area contributed by atoms with Gasteiger partial charge in [-0.3, -0.25) is 4.72 Å². The first-order valence-corrected chi connectivity index (χ1v) is 7.88. The monoisotopic (exact) mass is 302 g/mol. The SMILES string of the molecule is COc1cc(OC)nc(NS(=O)(=O)CC2CCCN2)n1. The molecule has 2 heterocycles. The number of aromatic nitrogens is 2. The number of methoxy groups -OCH3 is 2. The molecule has 1 aliphatic rings. The highest BCUT2D eigenvalue weighted by Crippen LogP contribution is 2.18. The molecule has 1 aliphatic heterocycles. The second kappa shape index (κ2) is 6.23. The summed E-state index contributed by atoms with van der Waals surface area (Å²) in [5.41, 5.74) is 0. The normalized spacial score (nSPS) is 18.8. The molecule has 1 unspecified atom stereocenters. The zero-order valence-corrected chi connectivity index (χ0v) is 12.2. The molecule has 20 heavy (non-hydrogen) atoms. The largest absolute Gasteiger partial charge is 0.481 e.